The molecule has 1 saturated heterocycles. The van der Waals surface area contributed by atoms with Crippen molar-refractivity contribution < 1.29 is 24.5 Å². The van der Waals surface area contributed by atoms with Gasteiger partial charge in [-0.2, -0.15) is 0 Å². The summed E-state index contributed by atoms with van der Waals surface area (Å²) in [6.07, 6.45) is 0.932. The molecule has 1 heterocycles. The zero-order valence-corrected chi connectivity index (χ0v) is 8.89. The van der Waals surface area contributed by atoms with Crippen LogP contribution in [0.4, 0.5) is 0 Å². The van der Waals surface area contributed by atoms with Gasteiger partial charge in [0.1, 0.15) is 6.10 Å². The molecule has 0 aromatic carbocycles. The van der Waals surface area contributed by atoms with Gasteiger partial charge in [0.15, 0.2) is 6.29 Å². The Balaban J connectivity index is 0.00000225. The highest BCUT2D eigenvalue weighted by Gasteiger charge is 2.28. The molecule has 0 saturated carbocycles. The third kappa shape index (κ3) is 5.44. The minimum atomic E-state index is -0.836. The monoisotopic (exact) mass is 234 g/mol. The Morgan fingerprint density at radius 2 is 2.19 bits per heavy atom. The maximum atomic E-state index is 10.2. The fraction of sp³-hybridized carbons (Fsp3) is 0.909. The molecule has 3 atom stereocenters. The normalized spacial score (nSPS) is 29.5. The molecule has 0 bridgehead atoms. The van der Waals surface area contributed by atoms with Gasteiger partial charge in [-0.1, -0.05) is 7.43 Å². The molecule has 1 aliphatic rings. The number of carboxylic acids is 1. The van der Waals surface area contributed by atoms with Crippen LogP contribution in [0.5, 0.6) is 0 Å². The summed E-state index contributed by atoms with van der Waals surface area (Å²) in [6.45, 7) is 2.24. The van der Waals surface area contributed by atoms with E-state index in [0.717, 1.165) is 6.42 Å². The van der Waals surface area contributed by atoms with Crippen molar-refractivity contribution >= 4 is 5.97 Å². The van der Waals surface area contributed by atoms with Crippen molar-refractivity contribution in [1.82, 2.24) is 0 Å². The van der Waals surface area contributed by atoms with Crippen LogP contribution in [0.2, 0.25) is 0 Å². The second-order valence-corrected chi connectivity index (χ2v) is 3.83. The largest absolute Gasteiger partial charge is 0.481 e. The third-order valence-electron chi connectivity index (χ3n) is 2.37. The molecule has 0 spiro atoms. The SMILES string of the molecule is C.CC1CCC(O)C(OCCCC(=O)O)O1. The van der Waals surface area contributed by atoms with Gasteiger partial charge in [0.05, 0.1) is 12.7 Å². The number of rotatable bonds is 5. The third-order valence-corrected chi connectivity index (χ3v) is 2.37. The Labute approximate surface area is 96.4 Å². The van der Waals surface area contributed by atoms with Gasteiger partial charge in [0.25, 0.3) is 0 Å². The maximum absolute atomic E-state index is 10.2. The van der Waals surface area contributed by atoms with Crippen LogP contribution in [0, 0.1) is 0 Å². The van der Waals surface area contributed by atoms with E-state index in [1.54, 1.807) is 0 Å². The van der Waals surface area contributed by atoms with Crippen LogP contribution in [-0.4, -0.2) is 41.3 Å². The minimum absolute atomic E-state index is 0. The molecular formula is C11H22O5. The van der Waals surface area contributed by atoms with Crippen molar-refractivity contribution in [2.75, 3.05) is 6.61 Å². The molecule has 1 fully saturated rings. The first kappa shape index (κ1) is 15.3. The Morgan fingerprint density at radius 3 is 2.81 bits per heavy atom. The van der Waals surface area contributed by atoms with Gasteiger partial charge in [-0.25, -0.2) is 0 Å². The average molecular weight is 234 g/mol. The number of hydrogen-bond acceptors (Lipinski definition) is 4. The van der Waals surface area contributed by atoms with E-state index in [1.807, 2.05) is 6.92 Å². The van der Waals surface area contributed by atoms with Crippen molar-refractivity contribution in [3.63, 3.8) is 0 Å². The van der Waals surface area contributed by atoms with Crippen LogP contribution in [0.1, 0.15) is 40.0 Å². The topological polar surface area (TPSA) is 76.0 Å². The lowest BCUT2D eigenvalue weighted by atomic mass is 10.1. The minimum Gasteiger partial charge on any atom is -0.481 e. The summed E-state index contributed by atoms with van der Waals surface area (Å²) in [5.41, 5.74) is 0. The van der Waals surface area contributed by atoms with Crippen molar-refractivity contribution in [3.8, 4) is 0 Å². The van der Waals surface area contributed by atoms with E-state index < -0.39 is 18.4 Å². The van der Waals surface area contributed by atoms with Gasteiger partial charge < -0.3 is 19.7 Å². The molecule has 5 nitrogen and oxygen atoms in total. The number of hydrogen-bond donors (Lipinski definition) is 2. The molecule has 0 amide bonds. The van der Waals surface area contributed by atoms with E-state index in [9.17, 15) is 9.90 Å². The summed E-state index contributed by atoms with van der Waals surface area (Å²) >= 11 is 0. The van der Waals surface area contributed by atoms with E-state index >= 15 is 0 Å². The lowest BCUT2D eigenvalue weighted by molar-refractivity contribution is -0.236. The van der Waals surface area contributed by atoms with Gasteiger partial charge in [0.2, 0.25) is 0 Å². The van der Waals surface area contributed by atoms with Crippen molar-refractivity contribution in [3.05, 3.63) is 0 Å². The molecule has 0 radical (unpaired) electrons. The van der Waals surface area contributed by atoms with Crippen molar-refractivity contribution in [1.29, 1.82) is 0 Å². The Kier molecular flexibility index (Phi) is 7.29. The molecule has 3 unspecified atom stereocenters. The van der Waals surface area contributed by atoms with E-state index in [1.165, 1.54) is 0 Å². The number of aliphatic hydroxyl groups is 1. The average Bonchev–Trinajstić information content (AvgIpc) is 2.17. The van der Waals surface area contributed by atoms with E-state index in [-0.39, 0.29) is 20.0 Å². The summed E-state index contributed by atoms with van der Waals surface area (Å²) < 4.78 is 10.7. The van der Waals surface area contributed by atoms with Gasteiger partial charge in [-0.05, 0) is 26.2 Å². The lowest BCUT2D eigenvalue weighted by Gasteiger charge is -2.31. The van der Waals surface area contributed by atoms with Crippen LogP contribution < -0.4 is 0 Å². The van der Waals surface area contributed by atoms with E-state index in [0.29, 0.717) is 19.4 Å². The first-order valence-electron chi connectivity index (χ1n) is 5.26. The predicted molar refractivity (Wildman–Crippen MR) is 59.1 cm³/mol. The van der Waals surface area contributed by atoms with Gasteiger partial charge >= 0.3 is 5.97 Å². The van der Waals surface area contributed by atoms with Crippen molar-refractivity contribution in [2.45, 2.75) is 58.5 Å². The summed E-state index contributed by atoms with van der Waals surface area (Å²) in [4.78, 5) is 10.2. The number of carbonyl (C=O) groups is 1. The molecule has 0 aromatic heterocycles. The highest BCUT2D eigenvalue weighted by Crippen LogP contribution is 2.20. The predicted octanol–water partition coefficient (Wildman–Crippen LogP) is 1.39. The highest BCUT2D eigenvalue weighted by atomic mass is 16.7. The van der Waals surface area contributed by atoms with Gasteiger partial charge in [0, 0.05) is 6.42 Å². The highest BCUT2D eigenvalue weighted by molar-refractivity contribution is 5.66. The van der Waals surface area contributed by atoms with Gasteiger partial charge in [-0.3, -0.25) is 4.79 Å². The summed E-state index contributed by atoms with van der Waals surface area (Å²) in [6, 6.07) is 0. The molecule has 2 N–H and O–H groups in total. The number of carboxylic acid groups (broad SMARTS) is 1. The van der Waals surface area contributed by atoms with Crippen LogP contribution >= 0.6 is 0 Å². The summed E-state index contributed by atoms with van der Waals surface area (Å²) in [5.74, 6) is -0.836. The Morgan fingerprint density at radius 1 is 1.50 bits per heavy atom. The standard InChI is InChI=1S/C10H18O5.CH4/c1-7-4-5-8(11)10(15-7)14-6-2-3-9(12)13;/h7-8,10-11H,2-6H2,1H3,(H,12,13);1H4. The molecule has 1 rings (SSSR count). The molecule has 1 aliphatic heterocycles. The van der Waals surface area contributed by atoms with Crippen LogP contribution in [-0.2, 0) is 14.3 Å². The Bertz CT molecular complexity index is 207. The van der Waals surface area contributed by atoms with Gasteiger partial charge in [-0.15, -0.1) is 0 Å². The maximum Gasteiger partial charge on any atom is 0.303 e. The Hall–Kier alpha value is -0.650. The fourth-order valence-corrected chi connectivity index (χ4v) is 1.50. The van der Waals surface area contributed by atoms with Crippen LogP contribution in [0.15, 0.2) is 0 Å². The molecular weight excluding hydrogens is 212 g/mol. The second kappa shape index (κ2) is 7.60. The quantitative estimate of drug-likeness (QED) is 0.703. The smallest absolute Gasteiger partial charge is 0.303 e. The fourth-order valence-electron chi connectivity index (χ4n) is 1.50. The van der Waals surface area contributed by atoms with Crippen LogP contribution in [0.3, 0.4) is 0 Å². The van der Waals surface area contributed by atoms with E-state index in [2.05, 4.69) is 0 Å². The first-order chi connectivity index (χ1) is 7.09. The van der Waals surface area contributed by atoms with Crippen LogP contribution in [0.25, 0.3) is 0 Å². The second-order valence-electron chi connectivity index (χ2n) is 3.83. The molecule has 5 heteroatoms. The number of aliphatic hydroxyl groups excluding tert-OH is 1. The molecule has 0 aromatic rings. The van der Waals surface area contributed by atoms with E-state index in [4.69, 9.17) is 14.6 Å². The molecule has 96 valence electrons. The number of ether oxygens (including phenoxy) is 2. The lowest BCUT2D eigenvalue weighted by Crippen LogP contribution is -2.39. The summed E-state index contributed by atoms with van der Waals surface area (Å²) in [5, 5.41) is 17.9. The summed E-state index contributed by atoms with van der Waals surface area (Å²) in [7, 11) is 0. The zero-order chi connectivity index (χ0) is 11.3. The molecule has 16 heavy (non-hydrogen) atoms. The number of aliphatic carboxylic acids is 1. The first-order valence-corrected chi connectivity index (χ1v) is 5.26. The molecule has 0 aliphatic carbocycles. The zero-order valence-electron chi connectivity index (χ0n) is 8.89. The van der Waals surface area contributed by atoms with Crippen molar-refractivity contribution in [2.24, 2.45) is 0 Å².